The molecule has 0 saturated heterocycles. The molecule has 2 rings (SSSR count). The molecule has 7 nitrogen and oxygen atoms in total. The summed E-state index contributed by atoms with van der Waals surface area (Å²) < 4.78 is 0.930. The van der Waals surface area contributed by atoms with Crippen LogP contribution < -0.4 is 10.9 Å². The fourth-order valence-corrected chi connectivity index (χ4v) is 1.98. The summed E-state index contributed by atoms with van der Waals surface area (Å²) >= 11 is 3.31. The van der Waals surface area contributed by atoms with Gasteiger partial charge < -0.3 is 0 Å². The van der Waals surface area contributed by atoms with Crippen molar-refractivity contribution in [2.75, 3.05) is 0 Å². The molecule has 0 aliphatic heterocycles. The van der Waals surface area contributed by atoms with E-state index in [1.54, 1.807) is 6.08 Å². The number of rotatable bonds is 4. The Bertz CT molecular complexity index is 786. The monoisotopic (exact) mass is 389 g/mol. The van der Waals surface area contributed by atoms with Gasteiger partial charge in [-0.2, -0.15) is 0 Å². The summed E-state index contributed by atoms with van der Waals surface area (Å²) in [6.07, 6.45) is 2.87. The molecule has 0 atom stereocenters. The molecule has 24 heavy (non-hydrogen) atoms. The maximum absolute atomic E-state index is 11.8. The first kappa shape index (κ1) is 17.4. The molecule has 0 unspecified atom stereocenters. The number of halogens is 1. The highest BCUT2D eigenvalue weighted by molar-refractivity contribution is 9.10. The number of amides is 2. The van der Waals surface area contributed by atoms with E-state index < -0.39 is 16.7 Å². The van der Waals surface area contributed by atoms with Crippen molar-refractivity contribution in [3.8, 4) is 0 Å². The van der Waals surface area contributed by atoms with Gasteiger partial charge in [0.05, 0.1) is 4.92 Å². The zero-order chi connectivity index (χ0) is 17.5. The standard InChI is InChI=1S/C16H12BrN3O4/c17-13-6-1-11(2-7-13)3-10-15(21)18-19-16(22)12-4-8-14(9-5-12)20(23)24/h1-10H,(H,18,21)(H,19,22)/b10-3+. The third kappa shape index (κ3) is 5.03. The minimum absolute atomic E-state index is 0.118. The van der Waals surface area contributed by atoms with Crippen LogP contribution >= 0.6 is 15.9 Å². The van der Waals surface area contributed by atoms with Crippen molar-refractivity contribution in [1.82, 2.24) is 10.9 Å². The zero-order valence-electron chi connectivity index (χ0n) is 12.2. The number of carbonyl (C=O) groups excluding carboxylic acids is 2. The van der Waals surface area contributed by atoms with Crippen LogP contribution in [0, 0.1) is 10.1 Å². The Morgan fingerprint density at radius 3 is 2.21 bits per heavy atom. The van der Waals surface area contributed by atoms with Gasteiger partial charge in [0.2, 0.25) is 0 Å². The van der Waals surface area contributed by atoms with Crippen molar-refractivity contribution in [2.24, 2.45) is 0 Å². The molecule has 0 aliphatic carbocycles. The van der Waals surface area contributed by atoms with Gasteiger partial charge in [-0.15, -0.1) is 0 Å². The fourth-order valence-electron chi connectivity index (χ4n) is 1.71. The summed E-state index contributed by atoms with van der Waals surface area (Å²) in [5.41, 5.74) is 5.36. The van der Waals surface area contributed by atoms with Gasteiger partial charge in [-0.25, -0.2) is 0 Å². The summed E-state index contributed by atoms with van der Waals surface area (Å²) in [5.74, 6) is -1.08. The fraction of sp³-hybridized carbons (Fsp3) is 0. The van der Waals surface area contributed by atoms with Crippen LogP contribution in [0.2, 0.25) is 0 Å². The van der Waals surface area contributed by atoms with Gasteiger partial charge in [0.1, 0.15) is 0 Å². The van der Waals surface area contributed by atoms with E-state index in [9.17, 15) is 19.7 Å². The van der Waals surface area contributed by atoms with Crippen molar-refractivity contribution in [2.45, 2.75) is 0 Å². The van der Waals surface area contributed by atoms with Crippen LogP contribution in [0.5, 0.6) is 0 Å². The highest BCUT2D eigenvalue weighted by atomic mass is 79.9. The van der Waals surface area contributed by atoms with Crippen molar-refractivity contribution < 1.29 is 14.5 Å². The number of hydrogen-bond donors (Lipinski definition) is 2. The summed E-state index contributed by atoms with van der Waals surface area (Å²) in [4.78, 5) is 33.5. The average molecular weight is 390 g/mol. The highest BCUT2D eigenvalue weighted by Crippen LogP contribution is 2.12. The minimum atomic E-state index is -0.574. The number of nitro benzene ring substituents is 1. The van der Waals surface area contributed by atoms with Crippen LogP contribution in [-0.4, -0.2) is 16.7 Å². The van der Waals surface area contributed by atoms with E-state index in [2.05, 4.69) is 26.8 Å². The molecule has 2 aromatic carbocycles. The van der Waals surface area contributed by atoms with E-state index in [0.717, 1.165) is 10.0 Å². The van der Waals surface area contributed by atoms with E-state index in [1.165, 1.54) is 30.3 Å². The Labute approximate surface area is 145 Å². The number of hydrogen-bond acceptors (Lipinski definition) is 4. The normalized spacial score (nSPS) is 10.4. The average Bonchev–Trinajstić information content (AvgIpc) is 2.59. The summed E-state index contributed by atoms with van der Waals surface area (Å²) in [5, 5.41) is 10.5. The molecule has 0 spiro atoms. The summed E-state index contributed by atoms with van der Waals surface area (Å²) in [6, 6.07) is 12.4. The van der Waals surface area contributed by atoms with Crippen molar-refractivity contribution >= 4 is 39.5 Å². The molecular formula is C16H12BrN3O4. The third-order valence-electron chi connectivity index (χ3n) is 2.94. The van der Waals surface area contributed by atoms with E-state index >= 15 is 0 Å². The summed E-state index contributed by atoms with van der Waals surface area (Å²) in [6.45, 7) is 0. The molecule has 0 radical (unpaired) electrons. The molecule has 0 bridgehead atoms. The molecule has 2 N–H and O–H groups in total. The third-order valence-corrected chi connectivity index (χ3v) is 3.47. The first-order valence-electron chi connectivity index (χ1n) is 6.74. The SMILES string of the molecule is O=C(/C=C/c1ccc(Br)cc1)NNC(=O)c1ccc([N+](=O)[O-])cc1. The highest BCUT2D eigenvalue weighted by Gasteiger charge is 2.09. The minimum Gasteiger partial charge on any atom is -0.268 e. The van der Waals surface area contributed by atoms with Gasteiger partial charge in [-0.05, 0) is 35.9 Å². The van der Waals surface area contributed by atoms with Crippen molar-refractivity contribution in [3.63, 3.8) is 0 Å². The second-order valence-corrected chi connectivity index (χ2v) is 5.55. The van der Waals surface area contributed by atoms with Gasteiger partial charge in [0.25, 0.3) is 17.5 Å². The second-order valence-electron chi connectivity index (χ2n) is 4.63. The molecule has 122 valence electrons. The molecule has 2 aromatic rings. The van der Waals surface area contributed by atoms with Gasteiger partial charge in [0.15, 0.2) is 0 Å². The van der Waals surface area contributed by atoms with Gasteiger partial charge >= 0.3 is 0 Å². The van der Waals surface area contributed by atoms with E-state index in [4.69, 9.17) is 0 Å². The number of nitro groups is 1. The number of non-ortho nitro benzene ring substituents is 1. The lowest BCUT2D eigenvalue weighted by atomic mass is 10.2. The van der Waals surface area contributed by atoms with Gasteiger partial charge in [-0.3, -0.25) is 30.6 Å². The molecule has 0 saturated carbocycles. The smallest absolute Gasteiger partial charge is 0.268 e. The van der Waals surface area contributed by atoms with Crippen molar-refractivity contribution in [3.05, 3.63) is 80.3 Å². The maximum Gasteiger partial charge on any atom is 0.269 e. The zero-order valence-corrected chi connectivity index (χ0v) is 13.8. The van der Waals surface area contributed by atoms with Crippen LogP contribution in [-0.2, 0) is 4.79 Å². The lowest BCUT2D eigenvalue weighted by Crippen LogP contribution is -2.40. The van der Waals surface area contributed by atoms with Crippen LogP contribution in [0.1, 0.15) is 15.9 Å². The van der Waals surface area contributed by atoms with Gasteiger partial charge in [0, 0.05) is 28.2 Å². The Morgan fingerprint density at radius 1 is 1.00 bits per heavy atom. The number of nitrogens with one attached hydrogen (secondary N) is 2. The number of benzene rings is 2. The summed E-state index contributed by atoms with van der Waals surface area (Å²) in [7, 11) is 0. The molecular weight excluding hydrogens is 378 g/mol. The first-order valence-corrected chi connectivity index (χ1v) is 7.53. The Kier molecular flexibility index (Phi) is 5.80. The molecule has 0 fully saturated rings. The van der Waals surface area contributed by atoms with Crippen LogP contribution in [0.15, 0.2) is 59.1 Å². The Hall–Kier alpha value is -3.00. The molecule has 8 heteroatoms. The predicted molar refractivity (Wildman–Crippen MR) is 91.9 cm³/mol. The Morgan fingerprint density at radius 2 is 1.62 bits per heavy atom. The topological polar surface area (TPSA) is 101 Å². The molecule has 2 amide bonds. The first-order chi connectivity index (χ1) is 11.5. The molecule has 0 aromatic heterocycles. The second kappa shape index (κ2) is 8.02. The number of hydrazine groups is 1. The largest absolute Gasteiger partial charge is 0.269 e. The van der Waals surface area contributed by atoms with E-state index in [-0.39, 0.29) is 11.3 Å². The lowest BCUT2D eigenvalue weighted by Gasteiger charge is -2.05. The maximum atomic E-state index is 11.8. The van der Waals surface area contributed by atoms with Gasteiger partial charge in [-0.1, -0.05) is 28.1 Å². The Balaban J connectivity index is 1.87. The van der Waals surface area contributed by atoms with E-state index in [0.29, 0.717) is 0 Å². The quantitative estimate of drug-likeness (QED) is 0.476. The van der Waals surface area contributed by atoms with E-state index in [1.807, 2.05) is 24.3 Å². The lowest BCUT2D eigenvalue weighted by molar-refractivity contribution is -0.384. The van der Waals surface area contributed by atoms with Crippen LogP contribution in [0.4, 0.5) is 5.69 Å². The number of carbonyl (C=O) groups is 2. The predicted octanol–water partition coefficient (Wildman–Crippen LogP) is 2.83. The van der Waals surface area contributed by atoms with Crippen LogP contribution in [0.3, 0.4) is 0 Å². The molecule has 0 heterocycles. The van der Waals surface area contributed by atoms with Crippen LogP contribution in [0.25, 0.3) is 6.08 Å². The molecule has 0 aliphatic rings. The van der Waals surface area contributed by atoms with Crippen molar-refractivity contribution in [1.29, 1.82) is 0 Å². The number of nitrogens with zero attached hydrogens (tertiary/aromatic N) is 1.